The first-order valence-corrected chi connectivity index (χ1v) is 4.02. The van der Waals surface area contributed by atoms with Crippen molar-refractivity contribution >= 4 is 11.6 Å². The van der Waals surface area contributed by atoms with E-state index in [4.69, 9.17) is 16.9 Å². The third-order valence-corrected chi connectivity index (χ3v) is 1.90. The van der Waals surface area contributed by atoms with E-state index in [0.717, 1.165) is 5.56 Å². The summed E-state index contributed by atoms with van der Waals surface area (Å²) in [5.41, 5.74) is 1.06. The van der Waals surface area contributed by atoms with E-state index in [1.54, 1.807) is 0 Å². The van der Waals surface area contributed by atoms with Crippen LogP contribution < -0.4 is 5.32 Å². The van der Waals surface area contributed by atoms with Crippen LogP contribution in [0.5, 0.6) is 0 Å². The van der Waals surface area contributed by atoms with Crippen LogP contribution in [0.15, 0.2) is 24.3 Å². The highest BCUT2D eigenvalue weighted by atomic mass is 35.5. The molecule has 0 spiro atoms. The number of nitrogens with one attached hydrogen (secondary N) is 1. The molecule has 0 aromatic heterocycles. The molecule has 0 aliphatic heterocycles. The van der Waals surface area contributed by atoms with Crippen LogP contribution in [0.3, 0.4) is 0 Å². The fourth-order valence-electron chi connectivity index (χ4n) is 0.932. The number of nitriles is 1. The molecule has 0 saturated heterocycles. The van der Waals surface area contributed by atoms with Gasteiger partial charge in [0.05, 0.1) is 6.04 Å². The summed E-state index contributed by atoms with van der Waals surface area (Å²) in [7, 11) is 0. The highest BCUT2D eigenvalue weighted by molar-refractivity contribution is 6.30. The zero-order valence-corrected chi connectivity index (χ0v) is 7.47. The molecule has 1 aromatic carbocycles. The first-order valence-electron chi connectivity index (χ1n) is 3.64. The van der Waals surface area contributed by atoms with E-state index in [1.165, 1.54) is 0 Å². The minimum absolute atomic E-state index is 0.0484. The van der Waals surface area contributed by atoms with Crippen LogP contribution in [-0.2, 0) is 0 Å². The van der Waals surface area contributed by atoms with Crippen LogP contribution >= 0.6 is 11.6 Å². The van der Waals surface area contributed by atoms with E-state index in [2.05, 4.69) is 5.32 Å². The molecule has 0 fully saturated rings. The van der Waals surface area contributed by atoms with E-state index in [0.29, 0.717) is 5.02 Å². The molecule has 3 heteroatoms. The second kappa shape index (κ2) is 3.99. The largest absolute Gasteiger partial charge is 0.317 e. The van der Waals surface area contributed by atoms with Gasteiger partial charge in [0.25, 0.3) is 0 Å². The maximum absolute atomic E-state index is 8.37. The Morgan fingerprint density at radius 1 is 1.42 bits per heavy atom. The molecular weight excluding hydrogens is 172 g/mol. The number of halogens is 1. The Hall–Kier alpha value is -1.20. The van der Waals surface area contributed by atoms with E-state index >= 15 is 0 Å². The van der Waals surface area contributed by atoms with Crippen molar-refractivity contribution in [3.8, 4) is 6.19 Å². The lowest BCUT2D eigenvalue weighted by atomic mass is 10.1. The van der Waals surface area contributed by atoms with Crippen LogP contribution in [0.2, 0.25) is 5.02 Å². The van der Waals surface area contributed by atoms with Gasteiger partial charge in [0.15, 0.2) is 6.19 Å². The summed E-state index contributed by atoms with van der Waals surface area (Å²) in [4.78, 5) is 0. The molecule has 1 aromatic rings. The van der Waals surface area contributed by atoms with Gasteiger partial charge >= 0.3 is 0 Å². The average Bonchev–Trinajstić information content (AvgIpc) is 2.06. The molecule has 0 saturated carbocycles. The predicted molar refractivity (Wildman–Crippen MR) is 48.6 cm³/mol. The zero-order valence-electron chi connectivity index (χ0n) is 6.71. The summed E-state index contributed by atoms with van der Waals surface area (Å²) in [5, 5.41) is 11.7. The van der Waals surface area contributed by atoms with E-state index < -0.39 is 0 Å². The smallest absolute Gasteiger partial charge is 0.177 e. The molecule has 0 bridgehead atoms. The molecule has 1 atom stereocenters. The fourth-order valence-corrected chi connectivity index (χ4v) is 1.06. The average molecular weight is 181 g/mol. The number of benzene rings is 1. The highest BCUT2D eigenvalue weighted by Crippen LogP contribution is 2.15. The number of hydrogen-bond donors (Lipinski definition) is 1. The van der Waals surface area contributed by atoms with Gasteiger partial charge < -0.3 is 5.32 Å². The molecule has 2 nitrogen and oxygen atoms in total. The van der Waals surface area contributed by atoms with Crippen molar-refractivity contribution in [1.29, 1.82) is 5.26 Å². The van der Waals surface area contributed by atoms with E-state index in [-0.39, 0.29) is 6.04 Å². The molecular formula is C9H9ClN2. The van der Waals surface area contributed by atoms with Gasteiger partial charge in [-0.1, -0.05) is 23.7 Å². The summed E-state index contributed by atoms with van der Waals surface area (Å²) in [6.07, 6.45) is 1.90. The molecule has 0 aliphatic rings. The Kier molecular flexibility index (Phi) is 2.95. The quantitative estimate of drug-likeness (QED) is 0.561. The Balaban J connectivity index is 2.76. The Morgan fingerprint density at radius 3 is 2.50 bits per heavy atom. The van der Waals surface area contributed by atoms with Gasteiger partial charge in [-0.3, -0.25) is 0 Å². The minimum Gasteiger partial charge on any atom is -0.317 e. The van der Waals surface area contributed by atoms with Gasteiger partial charge in [0.2, 0.25) is 0 Å². The van der Waals surface area contributed by atoms with Crippen LogP contribution in [0, 0.1) is 11.5 Å². The molecule has 0 unspecified atom stereocenters. The van der Waals surface area contributed by atoms with Crippen LogP contribution in [0.4, 0.5) is 0 Å². The highest BCUT2D eigenvalue weighted by Gasteiger charge is 2.01. The predicted octanol–water partition coefficient (Wildman–Crippen LogP) is 2.47. The van der Waals surface area contributed by atoms with E-state index in [9.17, 15) is 0 Å². The summed E-state index contributed by atoms with van der Waals surface area (Å²) < 4.78 is 0. The van der Waals surface area contributed by atoms with Gasteiger partial charge in [0, 0.05) is 5.02 Å². The fraction of sp³-hybridized carbons (Fsp3) is 0.222. The first kappa shape index (κ1) is 8.89. The number of hydrogen-bond acceptors (Lipinski definition) is 2. The molecule has 1 rings (SSSR count). The van der Waals surface area contributed by atoms with Gasteiger partial charge in [-0.15, -0.1) is 0 Å². The van der Waals surface area contributed by atoms with Crippen molar-refractivity contribution in [1.82, 2.24) is 5.32 Å². The summed E-state index contributed by atoms with van der Waals surface area (Å²) in [6, 6.07) is 7.47. The lowest BCUT2D eigenvalue weighted by Gasteiger charge is -2.08. The third kappa shape index (κ3) is 2.14. The Morgan fingerprint density at radius 2 is 2.00 bits per heavy atom. The van der Waals surface area contributed by atoms with Crippen molar-refractivity contribution in [3.05, 3.63) is 34.9 Å². The first-order chi connectivity index (χ1) is 5.74. The molecule has 1 N–H and O–H groups in total. The second-order valence-electron chi connectivity index (χ2n) is 2.53. The summed E-state index contributed by atoms with van der Waals surface area (Å²) in [6.45, 7) is 1.92. The molecule has 0 radical (unpaired) electrons. The van der Waals surface area contributed by atoms with Gasteiger partial charge in [-0.25, -0.2) is 0 Å². The molecule has 0 aliphatic carbocycles. The minimum atomic E-state index is 0.0484. The van der Waals surface area contributed by atoms with Crippen molar-refractivity contribution < 1.29 is 0 Å². The topological polar surface area (TPSA) is 35.8 Å². The monoisotopic (exact) mass is 180 g/mol. The Bertz CT molecular complexity index is 286. The molecule has 0 amide bonds. The lowest BCUT2D eigenvalue weighted by molar-refractivity contribution is 0.697. The van der Waals surface area contributed by atoms with Gasteiger partial charge in [0.1, 0.15) is 0 Å². The second-order valence-corrected chi connectivity index (χ2v) is 2.97. The number of rotatable bonds is 2. The Labute approximate surface area is 76.8 Å². The molecule has 12 heavy (non-hydrogen) atoms. The zero-order chi connectivity index (χ0) is 8.97. The van der Waals surface area contributed by atoms with Crippen molar-refractivity contribution in [3.63, 3.8) is 0 Å². The summed E-state index contributed by atoms with van der Waals surface area (Å²) in [5.74, 6) is 0. The third-order valence-electron chi connectivity index (χ3n) is 1.65. The summed E-state index contributed by atoms with van der Waals surface area (Å²) >= 11 is 5.71. The molecule has 62 valence electrons. The van der Waals surface area contributed by atoms with Gasteiger partial charge in [-0.2, -0.15) is 5.26 Å². The van der Waals surface area contributed by atoms with Gasteiger partial charge in [-0.05, 0) is 24.6 Å². The maximum Gasteiger partial charge on any atom is 0.177 e. The number of nitrogens with zero attached hydrogens (tertiary/aromatic N) is 1. The SMILES string of the molecule is C[C@H](NC#N)c1ccc(Cl)cc1. The van der Waals surface area contributed by atoms with Crippen molar-refractivity contribution in [2.45, 2.75) is 13.0 Å². The molecule has 0 heterocycles. The van der Waals surface area contributed by atoms with Crippen LogP contribution in [0.1, 0.15) is 18.5 Å². The van der Waals surface area contributed by atoms with Crippen molar-refractivity contribution in [2.24, 2.45) is 0 Å². The van der Waals surface area contributed by atoms with Crippen LogP contribution in [-0.4, -0.2) is 0 Å². The van der Waals surface area contributed by atoms with E-state index in [1.807, 2.05) is 37.4 Å². The maximum atomic E-state index is 8.37. The van der Waals surface area contributed by atoms with Crippen LogP contribution in [0.25, 0.3) is 0 Å². The lowest BCUT2D eigenvalue weighted by Crippen LogP contribution is -2.11. The van der Waals surface area contributed by atoms with Crippen molar-refractivity contribution in [2.75, 3.05) is 0 Å². The normalized spacial score (nSPS) is 11.8. The standard InChI is InChI=1S/C9H9ClN2/c1-7(12-6-11)8-2-4-9(10)5-3-8/h2-5,7,12H,1H3/t7-/m0/s1.